The van der Waals surface area contributed by atoms with Gasteiger partial charge >= 0.3 is 0 Å². The van der Waals surface area contributed by atoms with Crippen molar-refractivity contribution in [2.45, 2.75) is 18.1 Å². The van der Waals surface area contributed by atoms with Crippen LogP contribution in [-0.2, 0) is 10.0 Å². The van der Waals surface area contributed by atoms with Gasteiger partial charge in [-0.05, 0) is 40.9 Å². The normalized spacial score (nSPS) is 15.8. The van der Waals surface area contributed by atoms with Crippen LogP contribution in [0.5, 0.6) is 0 Å². The lowest BCUT2D eigenvalue weighted by molar-refractivity contribution is 0.0980. The minimum atomic E-state index is -3.47. The van der Waals surface area contributed by atoms with Crippen LogP contribution >= 0.6 is 15.9 Å². The Kier molecular flexibility index (Phi) is 3.03. The summed E-state index contributed by atoms with van der Waals surface area (Å²) in [7, 11) is -3.47. The summed E-state index contributed by atoms with van der Waals surface area (Å²) in [5.41, 5.74) is 0.326. The Morgan fingerprint density at radius 2 is 1.94 bits per heavy atom. The second-order valence-corrected chi connectivity index (χ2v) is 6.47. The number of amides is 1. The molecule has 2 rings (SSSR count). The Morgan fingerprint density at radius 3 is 2.50 bits per heavy atom. The van der Waals surface area contributed by atoms with E-state index in [1.165, 1.54) is 0 Å². The molecule has 0 heterocycles. The van der Waals surface area contributed by atoms with E-state index >= 15 is 0 Å². The zero-order chi connectivity index (χ0) is 11.8. The highest BCUT2D eigenvalue weighted by Crippen LogP contribution is 2.27. The maximum atomic E-state index is 11.7. The smallest absolute Gasteiger partial charge is 0.265 e. The first-order valence-corrected chi connectivity index (χ1v) is 7.15. The fourth-order valence-electron chi connectivity index (χ4n) is 1.29. The minimum absolute atomic E-state index is 0.326. The average Bonchev–Trinajstić information content (AvgIpc) is 3.00. The second kappa shape index (κ2) is 4.18. The van der Waals surface area contributed by atoms with Gasteiger partial charge in [-0.25, -0.2) is 13.1 Å². The molecule has 0 spiro atoms. The Bertz CT molecular complexity index is 523. The number of hydrogen-bond acceptors (Lipinski definition) is 3. The number of nitrogens with one attached hydrogen (secondary N) is 1. The van der Waals surface area contributed by atoms with Crippen LogP contribution < -0.4 is 4.72 Å². The van der Waals surface area contributed by atoms with Crippen LogP contribution in [0.4, 0.5) is 0 Å². The van der Waals surface area contributed by atoms with Gasteiger partial charge in [-0.1, -0.05) is 12.1 Å². The molecule has 4 nitrogen and oxygen atoms in total. The molecule has 0 radical (unpaired) electrons. The minimum Gasteiger partial charge on any atom is -0.268 e. The molecule has 1 N–H and O–H groups in total. The SMILES string of the molecule is O=C(NS(=O)(=O)C1CC1)c1ccccc1Br. The molecule has 1 aliphatic rings. The summed E-state index contributed by atoms with van der Waals surface area (Å²) < 4.78 is 25.7. The van der Waals surface area contributed by atoms with E-state index in [1.54, 1.807) is 24.3 Å². The van der Waals surface area contributed by atoms with Gasteiger partial charge in [0.25, 0.3) is 5.91 Å². The van der Waals surface area contributed by atoms with Gasteiger partial charge in [0.15, 0.2) is 0 Å². The van der Waals surface area contributed by atoms with Crippen LogP contribution in [0, 0.1) is 0 Å². The van der Waals surface area contributed by atoms with Gasteiger partial charge in [-0.15, -0.1) is 0 Å². The molecular weight excluding hydrogens is 294 g/mol. The van der Waals surface area contributed by atoms with Crippen molar-refractivity contribution in [3.63, 3.8) is 0 Å². The van der Waals surface area contributed by atoms with E-state index in [4.69, 9.17) is 0 Å². The highest BCUT2D eigenvalue weighted by molar-refractivity contribution is 9.10. The molecule has 0 bridgehead atoms. The molecule has 1 amide bonds. The van der Waals surface area contributed by atoms with Gasteiger partial charge in [0.05, 0.1) is 10.8 Å². The number of hydrogen-bond donors (Lipinski definition) is 1. The van der Waals surface area contributed by atoms with Crippen molar-refractivity contribution in [3.05, 3.63) is 34.3 Å². The summed E-state index contributed by atoms with van der Waals surface area (Å²) >= 11 is 3.20. The van der Waals surface area contributed by atoms with Crippen molar-refractivity contribution in [2.75, 3.05) is 0 Å². The number of rotatable bonds is 3. The van der Waals surface area contributed by atoms with Crippen molar-refractivity contribution in [3.8, 4) is 0 Å². The Morgan fingerprint density at radius 1 is 1.31 bits per heavy atom. The Hall–Kier alpha value is -0.880. The summed E-state index contributed by atoms with van der Waals surface area (Å²) in [5.74, 6) is -0.584. The molecule has 1 aromatic rings. The summed E-state index contributed by atoms with van der Waals surface area (Å²) in [6, 6.07) is 6.71. The second-order valence-electron chi connectivity index (χ2n) is 3.66. The summed E-state index contributed by atoms with van der Waals surface area (Å²) in [5, 5.41) is -0.390. The van der Waals surface area contributed by atoms with E-state index in [1.807, 2.05) is 0 Å². The Balaban J connectivity index is 2.18. The predicted molar refractivity (Wildman–Crippen MR) is 63.6 cm³/mol. The van der Waals surface area contributed by atoms with Gasteiger partial charge in [0.1, 0.15) is 0 Å². The molecule has 16 heavy (non-hydrogen) atoms. The fraction of sp³-hybridized carbons (Fsp3) is 0.300. The predicted octanol–water partition coefficient (Wildman–Crippen LogP) is 1.67. The average molecular weight is 304 g/mol. The van der Waals surface area contributed by atoms with Gasteiger partial charge in [0.2, 0.25) is 10.0 Å². The van der Waals surface area contributed by atoms with Gasteiger partial charge < -0.3 is 0 Å². The van der Waals surface area contributed by atoms with Crippen molar-refractivity contribution < 1.29 is 13.2 Å². The quantitative estimate of drug-likeness (QED) is 0.924. The van der Waals surface area contributed by atoms with E-state index in [2.05, 4.69) is 20.7 Å². The molecule has 1 saturated carbocycles. The molecule has 0 atom stereocenters. The zero-order valence-corrected chi connectivity index (χ0v) is 10.7. The number of benzene rings is 1. The fourth-order valence-corrected chi connectivity index (χ4v) is 3.05. The zero-order valence-electron chi connectivity index (χ0n) is 8.31. The van der Waals surface area contributed by atoms with Crippen LogP contribution in [0.1, 0.15) is 23.2 Å². The van der Waals surface area contributed by atoms with Crippen LogP contribution in [-0.4, -0.2) is 19.6 Å². The molecule has 0 aromatic heterocycles. The van der Waals surface area contributed by atoms with Gasteiger partial charge in [-0.3, -0.25) is 4.79 Å². The van der Waals surface area contributed by atoms with Crippen LogP contribution in [0.2, 0.25) is 0 Å². The van der Waals surface area contributed by atoms with Crippen molar-refractivity contribution in [1.82, 2.24) is 4.72 Å². The molecule has 0 saturated heterocycles. The van der Waals surface area contributed by atoms with Crippen LogP contribution in [0.15, 0.2) is 28.7 Å². The topological polar surface area (TPSA) is 63.2 Å². The lowest BCUT2D eigenvalue weighted by atomic mass is 10.2. The van der Waals surface area contributed by atoms with Gasteiger partial charge in [0, 0.05) is 4.47 Å². The number of halogens is 1. The van der Waals surface area contributed by atoms with E-state index in [9.17, 15) is 13.2 Å². The first-order valence-electron chi connectivity index (χ1n) is 4.81. The lowest BCUT2D eigenvalue weighted by Crippen LogP contribution is -2.33. The summed E-state index contributed by atoms with van der Waals surface area (Å²) in [4.78, 5) is 11.7. The third-order valence-corrected chi connectivity index (χ3v) is 4.83. The molecule has 1 aliphatic carbocycles. The third-order valence-electron chi connectivity index (χ3n) is 2.32. The first kappa shape index (κ1) is 11.6. The molecule has 0 unspecified atom stereocenters. The highest BCUT2D eigenvalue weighted by Gasteiger charge is 2.37. The molecule has 1 fully saturated rings. The van der Waals surface area contributed by atoms with E-state index in [-0.39, 0.29) is 5.25 Å². The number of sulfonamides is 1. The highest BCUT2D eigenvalue weighted by atomic mass is 79.9. The molecule has 0 aliphatic heterocycles. The Labute approximate surface area is 102 Å². The van der Waals surface area contributed by atoms with Crippen molar-refractivity contribution >= 4 is 31.9 Å². The van der Waals surface area contributed by atoms with E-state index in [0.717, 1.165) is 0 Å². The maximum Gasteiger partial charge on any atom is 0.265 e. The van der Waals surface area contributed by atoms with Gasteiger partial charge in [-0.2, -0.15) is 0 Å². The standard InChI is InChI=1S/C10H10BrNO3S/c11-9-4-2-1-3-8(9)10(13)12-16(14,15)7-5-6-7/h1-4,7H,5-6H2,(H,12,13). The third kappa shape index (κ3) is 2.44. The summed E-state index contributed by atoms with van der Waals surface area (Å²) in [6.45, 7) is 0. The first-order chi connectivity index (χ1) is 7.50. The molecular formula is C10H10BrNO3S. The molecule has 6 heteroatoms. The largest absolute Gasteiger partial charge is 0.268 e. The maximum absolute atomic E-state index is 11.7. The lowest BCUT2D eigenvalue weighted by Gasteiger charge is -2.06. The van der Waals surface area contributed by atoms with Crippen molar-refractivity contribution in [1.29, 1.82) is 0 Å². The summed E-state index contributed by atoms with van der Waals surface area (Å²) in [6.07, 6.45) is 1.27. The van der Waals surface area contributed by atoms with E-state index < -0.39 is 15.9 Å². The number of carbonyl (C=O) groups excluding carboxylic acids is 1. The monoisotopic (exact) mass is 303 g/mol. The van der Waals surface area contributed by atoms with Crippen LogP contribution in [0.3, 0.4) is 0 Å². The van der Waals surface area contributed by atoms with Crippen LogP contribution in [0.25, 0.3) is 0 Å². The number of carbonyl (C=O) groups is 1. The van der Waals surface area contributed by atoms with Crippen molar-refractivity contribution in [2.24, 2.45) is 0 Å². The molecule has 86 valence electrons. The molecule has 1 aromatic carbocycles. The van der Waals surface area contributed by atoms with E-state index in [0.29, 0.717) is 22.9 Å².